The number of hydrogen-bond acceptors (Lipinski definition) is 5. The summed E-state index contributed by atoms with van der Waals surface area (Å²) in [5.74, 6) is -0.398. The monoisotopic (exact) mass is 296 g/mol. The van der Waals surface area contributed by atoms with Gasteiger partial charge in [-0.2, -0.15) is 11.8 Å². The number of thioether (sulfide) groups is 1. The molecule has 108 valence electrons. The number of nitro benzene ring substituents is 1. The smallest absolute Gasteiger partial charge is 0.342 e. The van der Waals surface area contributed by atoms with Crippen molar-refractivity contribution in [3.63, 3.8) is 0 Å². The van der Waals surface area contributed by atoms with Gasteiger partial charge in [0.15, 0.2) is 0 Å². The van der Waals surface area contributed by atoms with Crippen LogP contribution in [0, 0.1) is 10.1 Å². The standard InChI is InChI=1S/C13H16N2O4S/c1-8-9(2)20-7-6-14(8)11-5-3-4-10(13(16)17)12(11)15(18)19/h3-5,8-9H,6-7H2,1-2H3,(H,16,17). The second-order valence-electron chi connectivity index (χ2n) is 4.75. The molecule has 0 saturated carbocycles. The minimum atomic E-state index is -1.27. The van der Waals surface area contributed by atoms with Crippen molar-refractivity contribution in [1.82, 2.24) is 0 Å². The zero-order chi connectivity index (χ0) is 14.9. The number of carboxylic acids is 1. The predicted molar refractivity (Wildman–Crippen MR) is 78.8 cm³/mol. The Kier molecular flexibility index (Phi) is 4.17. The molecule has 0 spiro atoms. The molecule has 6 nitrogen and oxygen atoms in total. The third-order valence-corrected chi connectivity index (χ3v) is 4.96. The summed E-state index contributed by atoms with van der Waals surface area (Å²) in [5.41, 5.74) is -0.175. The quantitative estimate of drug-likeness (QED) is 0.682. The van der Waals surface area contributed by atoms with Gasteiger partial charge in [-0.15, -0.1) is 0 Å². The molecule has 1 saturated heterocycles. The first-order valence-electron chi connectivity index (χ1n) is 6.32. The number of hydrogen-bond donors (Lipinski definition) is 1. The Morgan fingerprint density at radius 3 is 2.80 bits per heavy atom. The van der Waals surface area contributed by atoms with Crippen molar-refractivity contribution < 1.29 is 14.8 Å². The lowest BCUT2D eigenvalue weighted by Crippen LogP contribution is -2.45. The Bertz CT molecular complexity index is 549. The van der Waals surface area contributed by atoms with Crippen LogP contribution in [-0.2, 0) is 0 Å². The highest BCUT2D eigenvalue weighted by atomic mass is 32.2. The van der Waals surface area contributed by atoms with Crippen LogP contribution in [0.5, 0.6) is 0 Å². The normalized spacial score (nSPS) is 22.6. The van der Waals surface area contributed by atoms with Crippen molar-refractivity contribution in [2.75, 3.05) is 17.2 Å². The van der Waals surface area contributed by atoms with E-state index in [1.165, 1.54) is 6.07 Å². The zero-order valence-electron chi connectivity index (χ0n) is 11.3. The molecule has 1 fully saturated rings. The number of carbonyl (C=O) groups is 1. The van der Waals surface area contributed by atoms with E-state index in [9.17, 15) is 14.9 Å². The lowest BCUT2D eigenvalue weighted by molar-refractivity contribution is -0.384. The van der Waals surface area contributed by atoms with Crippen LogP contribution < -0.4 is 4.90 Å². The maximum Gasteiger partial charge on any atom is 0.342 e. The second-order valence-corrected chi connectivity index (χ2v) is 6.23. The first-order valence-corrected chi connectivity index (χ1v) is 7.37. The number of aromatic carboxylic acids is 1. The zero-order valence-corrected chi connectivity index (χ0v) is 12.1. The number of carboxylic acid groups (broad SMARTS) is 1. The van der Waals surface area contributed by atoms with E-state index in [2.05, 4.69) is 6.92 Å². The Morgan fingerprint density at radius 1 is 1.50 bits per heavy atom. The summed E-state index contributed by atoms with van der Waals surface area (Å²) >= 11 is 1.82. The van der Waals surface area contributed by atoms with Gasteiger partial charge in [-0.25, -0.2) is 4.79 Å². The molecule has 0 amide bonds. The van der Waals surface area contributed by atoms with Crippen LogP contribution in [0.2, 0.25) is 0 Å². The van der Waals surface area contributed by atoms with Crippen molar-refractivity contribution in [2.24, 2.45) is 0 Å². The number of anilines is 1. The average molecular weight is 296 g/mol. The SMILES string of the molecule is CC1SCCN(c2cccc(C(=O)O)c2[N+](=O)[O-])C1C. The maximum atomic E-state index is 11.3. The molecule has 2 rings (SSSR count). The minimum absolute atomic E-state index is 0.122. The van der Waals surface area contributed by atoms with Gasteiger partial charge in [0.25, 0.3) is 0 Å². The Balaban J connectivity index is 2.53. The van der Waals surface area contributed by atoms with E-state index in [1.54, 1.807) is 12.1 Å². The number of nitrogens with zero attached hydrogens (tertiary/aromatic N) is 2. The molecule has 1 aliphatic heterocycles. The van der Waals surface area contributed by atoms with Gasteiger partial charge in [0.1, 0.15) is 11.3 Å². The molecular weight excluding hydrogens is 280 g/mol. The number of rotatable bonds is 3. The third-order valence-electron chi connectivity index (χ3n) is 3.62. The molecule has 0 aromatic heterocycles. The Labute approximate surface area is 120 Å². The van der Waals surface area contributed by atoms with Crippen molar-refractivity contribution >= 4 is 29.1 Å². The fourth-order valence-corrected chi connectivity index (χ4v) is 3.50. The fourth-order valence-electron chi connectivity index (χ4n) is 2.40. The van der Waals surface area contributed by atoms with E-state index in [-0.39, 0.29) is 17.3 Å². The second kappa shape index (κ2) is 5.70. The van der Waals surface area contributed by atoms with Crippen LogP contribution in [0.15, 0.2) is 18.2 Å². The predicted octanol–water partition coefficient (Wildman–Crippen LogP) is 2.62. The van der Waals surface area contributed by atoms with Crippen LogP contribution in [0.3, 0.4) is 0 Å². The van der Waals surface area contributed by atoms with E-state index < -0.39 is 10.9 Å². The molecule has 0 bridgehead atoms. The van der Waals surface area contributed by atoms with Crippen LogP contribution in [0.25, 0.3) is 0 Å². The van der Waals surface area contributed by atoms with Gasteiger partial charge in [0.05, 0.1) is 4.92 Å². The van der Waals surface area contributed by atoms with Gasteiger partial charge in [0.2, 0.25) is 0 Å². The summed E-state index contributed by atoms with van der Waals surface area (Å²) in [4.78, 5) is 23.8. The molecule has 1 N–H and O–H groups in total. The summed E-state index contributed by atoms with van der Waals surface area (Å²) < 4.78 is 0. The molecule has 0 aliphatic carbocycles. The summed E-state index contributed by atoms with van der Waals surface area (Å²) in [6, 6.07) is 4.59. The highest BCUT2D eigenvalue weighted by Crippen LogP contribution is 2.36. The van der Waals surface area contributed by atoms with E-state index in [1.807, 2.05) is 23.6 Å². The molecule has 1 aromatic rings. The molecule has 1 aromatic carbocycles. The molecule has 20 heavy (non-hydrogen) atoms. The molecule has 2 atom stereocenters. The molecular formula is C13H16N2O4S. The van der Waals surface area contributed by atoms with Crippen molar-refractivity contribution in [2.45, 2.75) is 25.1 Å². The van der Waals surface area contributed by atoms with Gasteiger partial charge in [-0.1, -0.05) is 13.0 Å². The lowest BCUT2D eigenvalue weighted by Gasteiger charge is -2.38. The minimum Gasteiger partial charge on any atom is -0.477 e. The van der Waals surface area contributed by atoms with Crippen LogP contribution in [-0.4, -0.2) is 39.6 Å². The Hall–Kier alpha value is -1.76. The molecule has 2 unspecified atom stereocenters. The lowest BCUT2D eigenvalue weighted by atomic mass is 10.1. The molecule has 0 radical (unpaired) electrons. The topological polar surface area (TPSA) is 83.7 Å². The van der Waals surface area contributed by atoms with Gasteiger partial charge in [0, 0.05) is 23.6 Å². The van der Waals surface area contributed by atoms with Gasteiger partial charge >= 0.3 is 11.7 Å². The van der Waals surface area contributed by atoms with Gasteiger partial charge < -0.3 is 10.0 Å². The van der Waals surface area contributed by atoms with Crippen molar-refractivity contribution in [1.29, 1.82) is 0 Å². The Morgan fingerprint density at radius 2 is 2.20 bits per heavy atom. The van der Waals surface area contributed by atoms with Crippen molar-refractivity contribution in [3.05, 3.63) is 33.9 Å². The molecule has 1 heterocycles. The summed E-state index contributed by atoms with van der Waals surface area (Å²) in [6.07, 6.45) is 0. The van der Waals surface area contributed by atoms with Crippen LogP contribution >= 0.6 is 11.8 Å². The van der Waals surface area contributed by atoms with E-state index in [0.717, 1.165) is 5.75 Å². The van der Waals surface area contributed by atoms with E-state index >= 15 is 0 Å². The largest absolute Gasteiger partial charge is 0.477 e. The highest BCUT2D eigenvalue weighted by Gasteiger charge is 2.32. The van der Waals surface area contributed by atoms with Crippen LogP contribution in [0.4, 0.5) is 11.4 Å². The molecule has 1 aliphatic rings. The van der Waals surface area contributed by atoms with Gasteiger partial charge in [-0.05, 0) is 19.1 Å². The summed E-state index contributed by atoms with van der Waals surface area (Å²) in [5, 5.41) is 20.8. The fraction of sp³-hybridized carbons (Fsp3) is 0.462. The number of benzene rings is 1. The van der Waals surface area contributed by atoms with Crippen molar-refractivity contribution in [3.8, 4) is 0 Å². The van der Waals surface area contributed by atoms with Crippen LogP contribution in [0.1, 0.15) is 24.2 Å². The summed E-state index contributed by atoms with van der Waals surface area (Å²) in [6.45, 7) is 4.77. The highest BCUT2D eigenvalue weighted by molar-refractivity contribution is 8.00. The van der Waals surface area contributed by atoms with E-state index in [0.29, 0.717) is 17.5 Å². The third kappa shape index (κ3) is 2.58. The maximum absolute atomic E-state index is 11.3. The first kappa shape index (κ1) is 14.6. The molecule has 7 heteroatoms. The van der Waals surface area contributed by atoms with E-state index in [4.69, 9.17) is 5.11 Å². The average Bonchev–Trinajstić information content (AvgIpc) is 2.40. The number of nitro groups is 1. The van der Waals surface area contributed by atoms with Gasteiger partial charge in [-0.3, -0.25) is 10.1 Å². The summed E-state index contributed by atoms with van der Waals surface area (Å²) in [7, 11) is 0. The first-order chi connectivity index (χ1) is 9.43. The number of para-hydroxylation sites is 1.